The number of carbonyl (C=O) groups excluding carboxylic acids is 1. The Kier molecular flexibility index (Phi) is 5.92. The number of nitrogens with zero attached hydrogens (tertiary/aromatic N) is 1. The van der Waals surface area contributed by atoms with Crippen molar-refractivity contribution in [3.8, 4) is 0 Å². The highest BCUT2D eigenvalue weighted by Gasteiger charge is 2.69. The normalized spacial score (nSPS) is 36.1. The fourth-order valence-electron chi connectivity index (χ4n) is 5.17. The molecule has 2 fully saturated rings. The van der Waals surface area contributed by atoms with Crippen molar-refractivity contribution in [2.75, 3.05) is 26.2 Å². The first kappa shape index (κ1) is 19.2. The summed E-state index contributed by atoms with van der Waals surface area (Å²) >= 11 is 0. The molecule has 4 heteroatoms. The Bertz CT molecular complexity index is 491. The number of likely N-dealkylation sites (tertiary alicyclic amines) is 1. The molecule has 3 atom stereocenters. The Balaban J connectivity index is 2.57. The van der Waals surface area contributed by atoms with Crippen LogP contribution in [-0.2, 0) is 9.53 Å². The highest BCUT2D eigenvalue weighted by Crippen LogP contribution is 2.61. The van der Waals surface area contributed by atoms with Gasteiger partial charge in [0.2, 0.25) is 0 Å². The maximum absolute atomic E-state index is 13.0. The molecular weight excluding hydrogens is 302 g/mol. The van der Waals surface area contributed by atoms with E-state index in [0.717, 1.165) is 38.8 Å². The number of hydrogen-bond donors (Lipinski definition) is 1. The molecule has 1 aliphatic heterocycles. The van der Waals surface area contributed by atoms with E-state index in [0.29, 0.717) is 26.0 Å². The largest absolute Gasteiger partial charge is 0.465 e. The second-order valence-corrected chi connectivity index (χ2v) is 7.42. The molecular formula is C20H33NO3. The van der Waals surface area contributed by atoms with Gasteiger partial charge in [0.1, 0.15) is 5.41 Å². The molecule has 1 N–H and O–H groups in total. The predicted octanol–water partition coefficient (Wildman–Crippen LogP) is 3.32. The number of piperidine rings is 1. The molecule has 1 aliphatic carbocycles. The fraction of sp³-hybridized carbons (Fsp3) is 0.750. The van der Waals surface area contributed by atoms with Crippen LogP contribution < -0.4 is 0 Å². The SMILES string of the molecule is C=CCC[C@]12CCC[C@](C(=O)OCC)(CN(CC)C1)[C@@]2(O)CC=C. The lowest BCUT2D eigenvalue weighted by Gasteiger charge is -2.65. The van der Waals surface area contributed by atoms with Gasteiger partial charge in [-0.05, 0) is 45.6 Å². The number of esters is 1. The lowest BCUT2D eigenvalue weighted by molar-refractivity contribution is -0.251. The van der Waals surface area contributed by atoms with Crippen LogP contribution in [0.15, 0.2) is 25.3 Å². The van der Waals surface area contributed by atoms with E-state index in [4.69, 9.17) is 4.74 Å². The van der Waals surface area contributed by atoms with Crippen LogP contribution in [0, 0.1) is 10.8 Å². The van der Waals surface area contributed by atoms with Gasteiger partial charge in [-0.3, -0.25) is 4.79 Å². The Morgan fingerprint density at radius 1 is 1.25 bits per heavy atom. The van der Waals surface area contributed by atoms with Crippen molar-refractivity contribution in [1.82, 2.24) is 4.90 Å². The Hall–Kier alpha value is -1.13. The molecule has 0 unspecified atom stereocenters. The molecule has 24 heavy (non-hydrogen) atoms. The zero-order valence-corrected chi connectivity index (χ0v) is 15.4. The molecule has 0 aromatic rings. The van der Waals surface area contributed by atoms with E-state index in [1.807, 2.05) is 13.0 Å². The first-order valence-corrected chi connectivity index (χ1v) is 9.29. The van der Waals surface area contributed by atoms with Crippen molar-refractivity contribution in [2.24, 2.45) is 10.8 Å². The maximum atomic E-state index is 13.0. The number of carbonyl (C=O) groups is 1. The summed E-state index contributed by atoms with van der Waals surface area (Å²) in [5.41, 5.74) is -2.26. The van der Waals surface area contributed by atoms with Gasteiger partial charge in [0.05, 0.1) is 12.2 Å². The lowest BCUT2D eigenvalue weighted by Crippen LogP contribution is -2.74. The summed E-state index contributed by atoms with van der Waals surface area (Å²) in [5.74, 6) is -0.241. The number of allylic oxidation sites excluding steroid dienone is 1. The zero-order valence-electron chi connectivity index (χ0n) is 15.4. The second kappa shape index (κ2) is 7.40. The number of rotatable bonds is 8. The third kappa shape index (κ3) is 2.74. The van der Waals surface area contributed by atoms with E-state index >= 15 is 0 Å². The van der Waals surface area contributed by atoms with Crippen molar-refractivity contribution >= 4 is 5.97 Å². The summed E-state index contributed by atoms with van der Waals surface area (Å²) in [4.78, 5) is 15.4. The minimum atomic E-state index is -1.10. The van der Waals surface area contributed by atoms with Crippen LogP contribution in [0.5, 0.6) is 0 Å². The molecule has 2 aliphatic rings. The van der Waals surface area contributed by atoms with Crippen LogP contribution in [0.1, 0.15) is 52.4 Å². The smallest absolute Gasteiger partial charge is 0.316 e. The molecule has 0 spiro atoms. The Morgan fingerprint density at radius 3 is 2.58 bits per heavy atom. The maximum Gasteiger partial charge on any atom is 0.316 e. The molecule has 0 aromatic carbocycles. The highest BCUT2D eigenvalue weighted by molar-refractivity contribution is 5.80. The summed E-state index contributed by atoms with van der Waals surface area (Å²) in [6.07, 6.45) is 8.37. The summed E-state index contributed by atoms with van der Waals surface area (Å²) in [6, 6.07) is 0. The number of hydrogen-bond acceptors (Lipinski definition) is 4. The van der Waals surface area contributed by atoms with Crippen LogP contribution in [0.2, 0.25) is 0 Å². The minimum Gasteiger partial charge on any atom is -0.465 e. The van der Waals surface area contributed by atoms with Crippen LogP contribution in [0.4, 0.5) is 0 Å². The van der Waals surface area contributed by atoms with Crippen LogP contribution >= 0.6 is 0 Å². The van der Waals surface area contributed by atoms with Crippen LogP contribution in [0.3, 0.4) is 0 Å². The van der Waals surface area contributed by atoms with E-state index in [2.05, 4.69) is 25.0 Å². The minimum absolute atomic E-state index is 0.241. The van der Waals surface area contributed by atoms with Gasteiger partial charge in [-0.2, -0.15) is 0 Å². The number of aliphatic hydroxyl groups is 1. The average molecular weight is 335 g/mol. The van der Waals surface area contributed by atoms with Gasteiger partial charge < -0.3 is 14.7 Å². The molecule has 0 radical (unpaired) electrons. The Labute approximate surface area is 146 Å². The summed E-state index contributed by atoms with van der Waals surface area (Å²) in [5, 5.41) is 12.0. The number of ether oxygens (including phenoxy) is 1. The second-order valence-electron chi connectivity index (χ2n) is 7.42. The van der Waals surface area contributed by atoms with Crippen molar-refractivity contribution < 1.29 is 14.6 Å². The standard InChI is InChI=1S/C20H33NO3/c1-5-9-12-18-13-10-14-19(17(22)24-8-4,16-21(7-3)15-18)20(18,23)11-6-2/h5-6,23H,1-2,7-16H2,3-4H3/t18-,19+,20+/m0/s1. The van der Waals surface area contributed by atoms with Crippen molar-refractivity contribution in [3.05, 3.63) is 25.3 Å². The molecule has 2 rings (SSSR count). The van der Waals surface area contributed by atoms with Gasteiger partial charge in [-0.15, -0.1) is 13.2 Å². The molecule has 0 amide bonds. The monoisotopic (exact) mass is 335 g/mol. The van der Waals surface area contributed by atoms with E-state index < -0.39 is 11.0 Å². The quantitative estimate of drug-likeness (QED) is 0.546. The first-order valence-electron chi connectivity index (χ1n) is 9.29. The zero-order chi connectivity index (χ0) is 17.8. The topological polar surface area (TPSA) is 49.8 Å². The summed E-state index contributed by atoms with van der Waals surface area (Å²) < 4.78 is 5.46. The first-order chi connectivity index (χ1) is 11.4. The van der Waals surface area contributed by atoms with E-state index in [1.54, 1.807) is 6.08 Å². The van der Waals surface area contributed by atoms with E-state index in [9.17, 15) is 9.90 Å². The third-order valence-electron chi connectivity index (χ3n) is 6.33. The van der Waals surface area contributed by atoms with Crippen LogP contribution in [0.25, 0.3) is 0 Å². The van der Waals surface area contributed by atoms with Gasteiger partial charge in [-0.25, -0.2) is 0 Å². The summed E-state index contributed by atoms with van der Waals surface area (Å²) in [7, 11) is 0. The molecule has 1 saturated heterocycles. The van der Waals surface area contributed by atoms with Gasteiger partial charge >= 0.3 is 5.97 Å². The van der Waals surface area contributed by atoms with Gasteiger partial charge in [-0.1, -0.05) is 25.5 Å². The molecule has 1 heterocycles. The number of fused-ring (bicyclic) bond motifs is 2. The average Bonchev–Trinajstić information content (AvgIpc) is 2.54. The summed E-state index contributed by atoms with van der Waals surface area (Å²) in [6.45, 7) is 14.3. The molecule has 2 bridgehead atoms. The molecule has 136 valence electrons. The Morgan fingerprint density at radius 2 is 2.00 bits per heavy atom. The van der Waals surface area contributed by atoms with Crippen molar-refractivity contribution in [1.29, 1.82) is 0 Å². The fourth-order valence-corrected chi connectivity index (χ4v) is 5.17. The van der Waals surface area contributed by atoms with Crippen molar-refractivity contribution in [2.45, 2.75) is 58.0 Å². The van der Waals surface area contributed by atoms with Crippen molar-refractivity contribution in [3.63, 3.8) is 0 Å². The van der Waals surface area contributed by atoms with Crippen LogP contribution in [-0.4, -0.2) is 47.8 Å². The lowest BCUT2D eigenvalue weighted by atomic mass is 9.46. The van der Waals surface area contributed by atoms with Gasteiger partial charge in [0.25, 0.3) is 0 Å². The highest BCUT2D eigenvalue weighted by atomic mass is 16.5. The molecule has 4 nitrogen and oxygen atoms in total. The van der Waals surface area contributed by atoms with E-state index in [1.165, 1.54) is 0 Å². The van der Waals surface area contributed by atoms with Gasteiger partial charge in [0, 0.05) is 18.5 Å². The van der Waals surface area contributed by atoms with Gasteiger partial charge in [0.15, 0.2) is 0 Å². The third-order valence-corrected chi connectivity index (χ3v) is 6.33. The molecule has 1 saturated carbocycles. The predicted molar refractivity (Wildman–Crippen MR) is 96.7 cm³/mol. The van der Waals surface area contributed by atoms with E-state index in [-0.39, 0.29) is 11.4 Å². The molecule has 0 aromatic heterocycles.